The fraction of sp³-hybridized carbons (Fsp3) is 0.533. The third-order valence-electron chi connectivity index (χ3n) is 3.49. The molecule has 110 valence electrons. The molecule has 1 aromatic carbocycles. The summed E-state index contributed by atoms with van der Waals surface area (Å²) in [5.74, 6) is 0. The molecule has 2 atom stereocenters. The third kappa shape index (κ3) is 4.42. The van der Waals surface area contributed by atoms with Crippen LogP contribution in [0.3, 0.4) is 0 Å². The normalized spacial score (nSPS) is 23.2. The summed E-state index contributed by atoms with van der Waals surface area (Å²) in [4.78, 5) is 13.8. The highest BCUT2D eigenvalue weighted by Gasteiger charge is 2.26. The summed E-state index contributed by atoms with van der Waals surface area (Å²) in [7, 11) is 0. The van der Waals surface area contributed by atoms with Crippen LogP contribution in [0, 0.1) is 0 Å². The van der Waals surface area contributed by atoms with Gasteiger partial charge in [0, 0.05) is 18.3 Å². The number of likely N-dealkylation sites (tertiary alicyclic amines) is 1. The van der Waals surface area contributed by atoms with Crippen molar-refractivity contribution in [3.8, 4) is 0 Å². The summed E-state index contributed by atoms with van der Waals surface area (Å²) in [5.41, 5.74) is 0.983. The molecule has 1 aromatic rings. The van der Waals surface area contributed by atoms with Crippen molar-refractivity contribution >= 4 is 17.9 Å². The van der Waals surface area contributed by atoms with Crippen molar-refractivity contribution < 1.29 is 14.6 Å². The van der Waals surface area contributed by atoms with E-state index in [4.69, 9.17) is 4.74 Å². The minimum Gasteiger partial charge on any atom is -0.445 e. The SMILES string of the molecule is CSC1CC(O)CCN(C(=O)OCc2ccccc2)C1. The van der Waals surface area contributed by atoms with Crippen molar-refractivity contribution in [1.82, 2.24) is 4.90 Å². The number of carbonyl (C=O) groups excluding carboxylic acids is 1. The minimum absolute atomic E-state index is 0.275. The summed E-state index contributed by atoms with van der Waals surface area (Å²) in [6.07, 6.45) is 2.76. The Morgan fingerprint density at radius 2 is 2.20 bits per heavy atom. The van der Waals surface area contributed by atoms with E-state index in [1.54, 1.807) is 16.7 Å². The number of ether oxygens (including phenoxy) is 1. The van der Waals surface area contributed by atoms with Gasteiger partial charge in [-0.25, -0.2) is 4.79 Å². The molecule has 0 aromatic heterocycles. The Labute approximate surface area is 124 Å². The van der Waals surface area contributed by atoms with Gasteiger partial charge < -0.3 is 14.7 Å². The summed E-state index contributed by atoms with van der Waals surface area (Å²) < 4.78 is 5.35. The monoisotopic (exact) mass is 295 g/mol. The van der Waals surface area contributed by atoms with Crippen molar-refractivity contribution in [2.75, 3.05) is 19.3 Å². The minimum atomic E-state index is -0.320. The molecule has 1 aliphatic rings. The van der Waals surface area contributed by atoms with Gasteiger partial charge in [0.15, 0.2) is 0 Å². The zero-order valence-corrected chi connectivity index (χ0v) is 12.5. The van der Waals surface area contributed by atoms with E-state index in [2.05, 4.69) is 0 Å². The van der Waals surface area contributed by atoms with Gasteiger partial charge in [0.05, 0.1) is 6.10 Å². The van der Waals surface area contributed by atoms with E-state index in [1.165, 1.54) is 0 Å². The summed E-state index contributed by atoms with van der Waals surface area (Å²) in [6.45, 7) is 1.50. The van der Waals surface area contributed by atoms with E-state index in [9.17, 15) is 9.90 Å². The second-order valence-electron chi connectivity index (χ2n) is 5.02. The van der Waals surface area contributed by atoms with Gasteiger partial charge in [0.2, 0.25) is 0 Å². The van der Waals surface area contributed by atoms with Gasteiger partial charge in [0.1, 0.15) is 6.61 Å². The van der Waals surface area contributed by atoms with Crippen molar-refractivity contribution in [1.29, 1.82) is 0 Å². The van der Waals surface area contributed by atoms with Crippen LogP contribution in [0.15, 0.2) is 30.3 Å². The molecule has 1 amide bonds. The van der Waals surface area contributed by atoms with Crippen LogP contribution in [0.25, 0.3) is 0 Å². The van der Waals surface area contributed by atoms with Crippen LogP contribution in [0.1, 0.15) is 18.4 Å². The largest absolute Gasteiger partial charge is 0.445 e. The average Bonchev–Trinajstić information content (AvgIpc) is 2.67. The Morgan fingerprint density at radius 1 is 1.45 bits per heavy atom. The Balaban J connectivity index is 1.87. The van der Waals surface area contributed by atoms with Crippen LogP contribution in [0.2, 0.25) is 0 Å². The Kier molecular flexibility index (Phi) is 5.73. The molecular weight excluding hydrogens is 274 g/mol. The number of amides is 1. The average molecular weight is 295 g/mol. The molecule has 0 bridgehead atoms. The van der Waals surface area contributed by atoms with Crippen LogP contribution < -0.4 is 0 Å². The van der Waals surface area contributed by atoms with Crippen LogP contribution in [0.5, 0.6) is 0 Å². The van der Waals surface area contributed by atoms with E-state index in [1.807, 2.05) is 36.6 Å². The lowest BCUT2D eigenvalue weighted by atomic mass is 10.2. The number of rotatable bonds is 3. The Hall–Kier alpha value is -1.20. The molecule has 2 rings (SSSR count). The zero-order valence-electron chi connectivity index (χ0n) is 11.7. The lowest BCUT2D eigenvalue weighted by molar-refractivity contribution is 0.0951. The molecule has 0 spiro atoms. The predicted molar refractivity (Wildman–Crippen MR) is 80.7 cm³/mol. The first-order valence-electron chi connectivity index (χ1n) is 6.85. The van der Waals surface area contributed by atoms with Crippen molar-refractivity contribution in [2.45, 2.75) is 30.8 Å². The smallest absolute Gasteiger partial charge is 0.410 e. The van der Waals surface area contributed by atoms with Gasteiger partial charge in [-0.1, -0.05) is 30.3 Å². The number of aliphatic hydroxyl groups is 1. The lowest BCUT2D eigenvalue weighted by Crippen LogP contribution is -2.35. The molecule has 0 saturated carbocycles. The highest BCUT2D eigenvalue weighted by atomic mass is 32.2. The number of hydrogen-bond acceptors (Lipinski definition) is 4. The molecule has 0 radical (unpaired) electrons. The molecule has 1 heterocycles. The first kappa shape index (κ1) is 15.2. The van der Waals surface area contributed by atoms with Gasteiger partial charge in [-0.15, -0.1) is 0 Å². The van der Waals surface area contributed by atoms with E-state index < -0.39 is 0 Å². The van der Waals surface area contributed by atoms with Crippen LogP contribution in [-0.2, 0) is 11.3 Å². The van der Waals surface area contributed by atoms with Crippen molar-refractivity contribution in [3.05, 3.63) is 35.9 Å². The van der Waals surface area contributed by atoms with E-state index >= 15 is 0 Å². The number of hydrogen-bond donors (Lipinski definition) is 1. The molecule has 1 aliphatic heterocycles. The van der Waals surface area contributed by atoms with Gasteiger partial charge in [-0.05, 0) is 24.7 Å². The molecule has 1 N–H and O–H groups in total. The highest BCUT2D eigenvalue weighted by Crippen LogP contribution is 2.21. The molecule has 1 fully saturated rings. The van der Waals surface area contributed by atoms with Gasteiger partial charge in [-0.2, -0.15) is 11.8 Å². The molecule has 20 heavy (non-hydrogen) atoms. The molecular formula is C15H21NO3S. The second-order valence-corrected chi connectivity index (χ2v) is 6.16. The van der Waals surface area contributed by atoms with Crippen molar-refractivity contribution in [2.24, 2.45) is 0 Å². The molecule has 2 unspecified atom stereocenters. The molecule has 5 heteroatoms. The fourth-order valence-electron chi connectivity index (χ4n) is 2.28. The van der Waals surface area contributed by atoms with E-state index in [-0.39, 0.29) is 17.4 Å². The highest BCUT2D eigenvalue weighted by molar-refractivity contribution is 7.99. The summed E-state index contributed by atoms with van der Waals surface area (Å²) in [6, 6.07) is 9.66. The maximum absolute atomic E-state index is 12.1. The van der Waals surface area contributed by atoms with E-state index in [0.717, 1.165) is 12.0 Å². The number of thioether (sulfide) groups is 1. The molecule has 4 nitrogen and oxygen atoms in total. The molecule has 0 aliphatic carbocycles. The lowest BCUT2D eigenvalue weighted by Gasteiger charge is -2.22. The topological polar surface area (TPSA) is 49.8 Å². The maximum Gasteiger partial charge on any atom is 0.410 e. The van der Waals surface area contributed by atoms with Crippen LogP contribution in [-0.4, -0.2) is 46.8 Å². The number of nitrogens with zero attached hydrogens (tertiary/aromatic N) is 1. The Bertz CT molecular complexity index is 426. The molecule has 1 saturated heterocycles. The third-order valence-corrected chi connectivity index (χ3v) is 4.50. The summed E-state index contributed by atoms with van der Waals surface area (Å²) in [5, 5.41) is 10.1. The number of carbonyl (C=O) groups is 1. The second kappa shape index (κ2) is 7.55. The Morgan fingerprint density at radius 3 is 2.90 bits per heavy atom. The van der Waals surface area contributed by atoms with E-state index in [0.29, 0.717) is 26.1 Å². The van der Waals surface area contributed by atoms with Gasteiger partial charge >= 0.3 is 6.09 Å². The first-order valence-corrected chi connectivity index (χ1v) is 8.14. The number of aliphatic hydroxyl groups excluding tert-OH is 1. The first-order chi connectivity index (χ1) is 9.69. The van der Waals surface area contributed by atoms with Crippen LogP contribution >= 0.6 is 11.8 Å². The quantitative estimate of drug-likeness (QED) is 0.931. The zero-order chi connectivity index (χ0) is 14.4. The van der Waals surface area contributed by atoms with Crippen molar-refractivity contribution in [3.63, 3.8) is 0 Å². The van der Waals surface area contributed by atoms with Crippen LogP contribution in [0.4, 0.5) is 4.79 Å². The standard InChI is InChI=1S/C15H21NO3S/c1-20-14-9-13(17)7-8-16(10-14)15(18)19-11-12-5-3-2-4-6-12/h2-6,13-14,17H,7-11H2,1H3. The summed E-state index contributed by atoms with van der Waals surface area (Å²) >= 11 is 1.69. The van der Waals surface area contributed by atoms with Gasteiger partial charge in [-0.3, -0.25) is 0 Å². The number of benzene rings is 1. The predicted octanol–water partition coefficient (Wildman–Crippen LogP) is 2.51. The fourth-order valence-corrected chi connectivity index (χ4v) is 3.03. The van der Waals surface area contributed by atoms with Gasteiger partial charge in [0.25, 0.3) is 0 Å². The maximum atomic E-state index is 12.1.